The van der Waals surface area contributed by atoms with E-state index in [1.807, 2.05) is 0 Å². The first kappa shape index (κ1) is 9.39. The van der Waals surface area contributed by atoms with Crippen molar-refractivity contribution in [1.29, 1.82) is 0 Å². The third kappa shape index (κ3) is 4.29. The molecule has 0 amide bonds. The standard InChI is InChI=1S/C6H13NO3/c1-7(5-9-2)4-6(8)10-3/h4-5H2,1-3H3. The Labute approximate surface area is 60.7 Å². The minimum Gasteiger partial charge on any atom is -0.468 e. The van der Waals surface area contributed by atoms with E-state index < -0.39 is 0 Å². The zero-order valence-electron chi connectivity index (χ0n) is 6.59. The van der Waals surface area contributed by atoms with E-state index >= 15 is 0 Å². The predicted octanol–water partition coefficient (Wildman–Crippen LogP) is -0.305. The summed E-state index contributed by atoms with van der Waals surface area (Å²) in [7, 11) is 4.72. The summed E-state index contributed by atoms with van der Waals surface area (Å²) in [5.74, 6) is -0.250. The number of methoxy groups -OCH3 is 2. The highest BCUT2D eigenvalue weighted by Crippen LogP contribution is 1.83. The van der Waals surface area contributed by atoms with E-state index in [0.29, 0.717) is 6.73 Å². The zero-order chi connectivity index (χ0) is 7.98. The molecule has 0 atom stereocenters. The minimum atomic E-state index is -0.250. The molecule has 0 aliphatic carbocycles. The molecular weight excluding hydrogens is 134 g/mol. The van der Waals surface area contributed by atoms with Gasteiger partial charge in [0.15, 0.2) is 0 Å². The molecule has 0 fully saturated rings. The number of hydrogen-bond donors (Lipinski definition) is 0. The summed E-state index contributed by atoms with van der Waals surface area (Å²) in [6, 6.07) is 0. The molecule has 10 heavy (non-hydrogen) atoms. The number of nitrogens with zero attached hydrogens (tertiary/aromatic N) is 1. The molecule has 0 rings (SSSR count). The van der Waals surface area contributed by atoms with Gasteiger partial charge in [0.25, 0.3) is 0 Å². The van der Waals surface area contributed by atoms with Gasteiger partial charge in [-0.2, -0.15) is 0 Å². The number of likely N-dealkylation sites (N-methyl/N-ethyl adjacent to an activating group) is 1. The summed E-state index contributed by atoms with van der Waals surface area (Å²) in [6.45, 7) is 0.708. The topological polar surface area (TPSA) is 38.8 Å². The van der Waals surface area contributed by atoms with Gasteiger partial charge in [-0.3, -0.25) is 9.69 Å². The van der Waals surface area contributed by atoms with Crippen LogP contribution in [0, 0.1) is 0 Å². The average Bonchev–Trinajstić information content (AvgIpc) is 1.88. The molecule has 0 aromatic heterocycles. The maximum Gasteiger partial charge on any atom is 0.319 e. The van der Waals surface area contributed by atoms with Crippen molar-refractivity contribution in [3.8, 4) is 0 Å². The maximum atomic E-state index is 10.6. The SMILES string of the molecule is COCN(C)CC(=O)OC. The number of carbonyl (C=O) groups is 1. The van der Waals surface area contributed by atoms with Crippen LogP contribution in [0.2, 0.25) is 0 Å². The first-order valence-corrected chi connectivity index (χ1v) is 2.95. The summed E-state index contributed by atoms with van der Waals surface area (Å²) in [4.78, 5) is 12.3. The molecule has 0 saturated heterocycles. The first-order valence-electron chi connectivity index (χ1n) is 2.95. The summed E-state index contributed by atoms with van der Waals surface area (Å²) in [6.07, 6.45) is 0. The maximum absolute atomic E-state index is 10.6. The molecule has 0 aliphatic rings. The van der Waals surface area contributed by atoms with Crippen molar-refractivity contribution in [3.63, 3.8) is 0 Å². The molecule has 0 radical (unpaired) electrons. The van der Waals surface area contributed by atoms with Crippen molar-refractivity contribution < 1.29 is 14.3 Å². The zero-order valence-corrected chi connectivity index (χ0v) is 6.59. The fraction of sp³-hybridized carbons (Fsp3) is 0.833. The van der Waals surface area contributed by atoms with Crippen LogP contribution in [0.4, 0.5) is 0 Å². The number of esters is 1. The lowest BCUT2D eigenvalue weighted by atomic mass is 10.6. The lowest BCUT2D eigenvalue weighted by Crippen LogP contribution is -2.28. The monoisotopic (exact) mass is 147 g/mol. The smallest absolute Gasteiger partial charge is 0.319 e. The molecule has 0 aliphatic heterocycles. The van der Waals surface area contributed by atoms with E-state index in [-0.39, 0.29) is 12.5 Å². The van der Waals surface area contributed by atoms with Crippen LogP contribution in [0.5, 0.6) is 0 Å². The van der Waals surface area contributed by atoms with Crippen molar-refractivity contribution in [1.82, 2.24) is 4.90 Å². The second kappa shape index (κ2) is 5.20. The largest absolute Gasteiger partial charge is 0.468 e. The molecule has 0 spiro atoms. The molecule has 4 nitrogen and oxygen atoms in total. The van der Waals surface area contributed by atoms with Crippen molar-refractivity contribution in [2.45, 2.75) is 0 Å². The Morgan fingerprint density at radius 3 is 2.50 bits per heavy atom. The fourth-order valence-electron chi connectivity index (χ4n) is 0.551. The number of hydrogen-bond acceptors (Lipinski definition) is 4. The van der Waals surface area contributed by atoms with Crippen LogP contribution in [-0.2, 0) is 14.3 Å². The van der Waals surface area contributed by atoms with Crippen LogP contribution in [0.25, 0.3) is 0 Å². The molecule has 0 bridgehead atoms. The average molecular weight is 147 g/mol. The Bertz CT molecular complexity index is 105. The molecule has 0 N–H and O–H groups in total. The van der Waals surface area contributed by atoms with Crippen LogP contribution in [-0.4, -0.2) is 45.4 Å². The molecular formula is C6H13NO3. The normalized spacial score (nSPS) is 10.0. The Morgan fingerprint density at radius 2 is 2.10 bits per heavy atom. The Hall–Kier alpha value is -0.610. The van der Waals surface area contributed by atoms with Crippen molar-refractivity contribution >= 4 is 5.97 Å². The number of carbonyl (C=O) groups excluding carboxylic acids is 1. The summed E-state index contributed by atoms with van der Waals surface area (Å²) < 4.78 is 9.20. The van der Waals surface area contributed by atoms with Gasteiger partial charge in [0.1, 0.15) is 0 Å². The van der Waals surface area contributed by atoms with E-state index in [9.17, 15) is 4.79 Å². The molecule has 0 unspecified atom stereocenters. The van der Waals surface area contributed by atoms with Crippen LogP contribution >= 0.6 is 0 Å². The molecule has 0 heterocycles. The Morgan fingerprint density at radius 1 is 1.50 bits per heavy atom. The van der Waals surface area contributed by atoms with Crippen molar-refractivity contribution in [2.24, 2.45) is 0 Å². The lowest BCUT2D eigenvalue weighted by Gasteiger charge is -2.12. The third-order valence-corrected chi connectivity index (χ3v) is 0.976. The molecule has 0 aromatic carbocycles. The van der Waals surface area contributed by atoms with Crippen LogP contribution in [0.1, 0.15) is 0 Å². The Kier molecular flexibility index (Phi) is 4.88. The van der Waals surface area contributed by atoms with Gasteiger partial charge >= 0.3 is 5.97 Å². The molecule has 0 aromatic rings. The van der Waals surface area contributed by atoms with E-state index in [1.54, 1.807) is 19.1 Å². The lowest BCUT2D eigenvalue weighted by molar-refractivity contribution is -0.142. The van der Waals surface area contributed by atoms with Gasteiger partial charge in [-0.15, -0.1) is 0 Å². The van der Waals surface area contributed by atoms with Crippen molar-refractivity contribution in [3.05, 3.63) is 0 Å². The van der Waals surface area contributed by atoms with E-state index in [0.717, 1.165) is 0 Å². The highest BCUT2D eigenvalue weighted by atomic mass is 16.5. The van der Waals surface area contributed by atoms with Crippen LogP contribution in [0.15, 0.2) is 0 Å². The highest BCUT2D eigenvalue weighted by molar-refractivity contribution is 5.71. The van der Waals surface area contributed by atoms with E-state index in [2.05, 4.69) is 4.74 Å². The number of rotatable bonds is 4. The first-order chi connectivity index (χ1) is 4.70. The predicted molar refractivity (Wildman–Crippen MR) is 36.5 cm³/mol. The van der Waals surface area contributed by atoms with Gasteiger partial charge in [0.2, 0.25) is 0 Å². The molecule has 0 saturated carbocycles. The van der Waals surface area contributed by atoms with E-state index in [4.69, 9.17) is 4.74 Å². The van der Waals surface area contributed by atoms with Gasteiger partial charge in [0, 0.05) is 7.11 Å². The summed E-state index contributed by atoms with van der Waals surface area (Å²) in [5, 5.41) is 0. The fourth-order valence-corrected chi connectivity index (χ4v) is 0.551. The Balaban J connectivity index is 3.37. The van der Waals surface area contributed by atoms with Crippen LogP contribution in [0.3, 0.4) is 0 Å². The summed E-state index contributed by atoms with van der Waals surface area (Å²) in [5.41, 5.74) is 0. The van der Waals surface area contributed by atoms with Gasteiger partial charge in [-0.05, 0) is 7.05 Å². The van der Waals surface area contributed by atoms with Gasteiger partial charge < -0.3 is 9.47 Å². The highest BCUT2D eigenvalue weighted by Gasteiger charge is 2.03. The van der Waals surface area contributed by atoms with Crippen LogP contribution < -0.4 is 0 Å². The summed E-state index contributed by atoms with van der Waals surface area (Å²) >= 11 is 0. The second-order valence-corrected chi connectivity index (χ2v) is 2.01. The van der Waals surface area contributed by atoms with Gasteiger partial charge in [-0.25, -0.2) is 0 Å². The molecule has 4 heteroatoms. The second-order valence-electron chi connectivity index (χ2n) is 2.01. The minimum absolute atomic E-state index is 0.250. The van der Waals surface area contributed by atoms with E-state index in [1.165, 1.54) is 7.11 Å². The van der Waals surface area contributed by atoms with Crippen molar-refractivity contribution in [2.75, 3.05) is 34.5 Å². The van der Waals surface area contributed by atoms with Gasteiger partial charge in [0.05, 0.1) is 20.4 Å². The van der Waals surface area contributed by atoms with Gasteiger partial charge in [-0.1, -0.05) is 0 Å². The third-order valence-electron chi connectivity index (χ3n) is 0.976. The quantitative estimate of drug-likeness (QED) is 0.404. The number of ether oxygens (including phenoxy) is 2. The molecule has 60 valence electrons.